The molecule has 13 heteroatoms. The number of nitrogens with one attached hydrogen (secondary N) is 1. The summed E-state index contributed by atoms with van der Waals surface area (Å²) < 4.78 is 7.36. The maximum atomic E-state index is 13.5. The number of ether oxygens (including phenoxy) is 1. The number of hydroxylamine groups is 2. The Bertz CT molecular complexity index is 1540. The molecule has 1 aliphatic heterocycles. The quantitative estimate of drug-likeness (QED) is 0.411. The zero-order valence-corrected chi connectivity index (χ0v) is 27.1. The summed E-state index contributed by atoms with van der Waals surface area (Å²) in [6.45, 7) is 14.3. The van der Waals surface area contributed by atoms with Crippen LogP contribution in [0.25, 0.3) is 11.3 Å². The van der Waals surface area contributed by atoms with Gasteiger partial charge in [-0.2, -0.15) is 5.10 Å². The number of fused-ring (bicyclic) bond motifs is 3. The van der Waals surface area contributed by atoms with Crippen molar-refractivity contribution < 1.29 is 19.2 Å². The van der Waals surface area contributed by atoms with Gasteiger partial charge in [-0.05, 0) is 57.7 Å². The Morgan fingerprint density at radius 1 is 1.09 bits per heavy atom. The molecule has 3 aromatic heterocycles. The van der Waals surface area contributed by atoms with E-state index in [0.717, 1.165) is 28.2 Å². The predicted molar refractivity (Wildman–Crippen MR) is 167 cm³/mol. The normalized spacial score (nSPS) is 18.1. The van der Waals surface area contributed by atoms with Crippen molar-refractivity contribution in [2.75, 3.05) is 50.6 Å². The fourth-order valence-corrected chi connectivity index (χ4v) is 5.94. The molecule has 0 bridgehead atoms. The molecule has 3 aromatic rings. The molecule has 0 saturated carbocycles. The Labute approximate surface area is 258 Å². The summed E-state index contributed by atoms with van der Waals surface area (Å²) in [6.07, 6.45) is 3.70. The molecule has 0 radical (unpaired) electrons. The molecule has 0 spiro atoms. The minimum Gasteiger partial charge on any atom is -0.444 e. The van der Waals surface area contributed by atoms with E-state index >= 15 is 0 Å². The van der Waals surface area contributed by atoms with Crippen LogP contribution >= 0.6 is 0 Å². The molecule has 236 valence electrons. The Morgan fingerprint density at radius 3 is 2.39 bits per heavy atom. The van der Waals surface area contributed by atoms with E-state index in [0.29, 0.717) is 50.1 Å². The van der Waals surface area contributed by atoms with E-state index in [9.17, 15) is 9.59 Å². The second-order valence-corrected chi connectivity index (χ2v) is 12.9. The molecule has 1 aliphatic carbocycles. The van der Waals surface area contributed by atoms with Crippen LogP contribution < -0.4 is 10.2 Å². The second kappa shape index (κ2) is 11.7. The highest BCUT2D eigenvalue weighted by Crippen LogP contribution is 2.46. The van der Waals surface area contributed by atoms with Crippen molar-refractivity contribution in [1.29, 1.82) is 0 Å². The van der Waals surface area contributed by atoms with Gasteiger partial charge in [0.1, 0.15) is 11.4 Å². The number of nitrogens with zero attached hydrogens (tertiary/aromatic N) is 8. The molecular formula is C31H43N9O4. The van der Waals surface area contributed by atoms with Crippen LogP contribution in [-0.4, -0.2) is 92.6 Å². The first-order valence-corrected chi connectivity index (χ1v) is 14.9. The monoisotopic (exact) mass is 605 g/mol. The molecule has 1 unspecified atom stereocenters. The summed E-state index contributed by atoms with van der Waals surface area (Å²) in [4.78, 5) is 49.3. The van der Waals surface area contributed by atoms with Gasteiger partial charge < -0.3 is 19.9 Å². The van der Waals surface area contributed by atoms with Crippen LogP contribution in [0.2, 0.25) is 0 Å². The SMILES string of the molecule is CON(C)C(=O)C1(C)Cc2cnc(Nc3ccc(N4CCN(C(=O)OC(C)(C)C)CC4)cn3)nc2-c2c1nn(C)c2C(C)C. The maximum absolute atomic E-state index is 13.5. The maximum Gasteiger partial charge on any atom is 0.410 e. The number of pyridine rings is 1. The first kappa shape index (κ1) is 31.2. The van der Waals surface area contributed by atoms with E-state index in [4.69, 9.17) is 19.7 Å². The van der Waals surface area contributed by atoms with E-state index in [1.807, 2.05) is 57.8 Å². The molecule has 2 aliphatic rings. The van der Waals surface area contributed by atoms with Crippen LogP contribution in [0.15, 0.2) is 24.5 Å². The average molecular weight is 606 g/mol. The van der Waals surface area contributed by atoms with Crippen LogP contribution in [0.5, 0.6) is 0 Å². The number of carbonyl (C=O) groups excluding carboxylic acids is 2. The minimum absolute atomic E-state index is 0.147. The fourth-order valence-electron chi connectivity index (χ4n) is 5.94. The van der Waals surface area contributed by atoms with Gasteiger partial charge >= 0.3 is 6.09 Å². The van der Waals surface area contributed by atoms with Crippen molar-refractivity contribution in [2.24, 2.45) is 7.05 Å². The zero-order valence-electron chi connectivity index (χ0n) is 27.1. The first-order chi connectivity index (χ1) is 20.7. The number of hydrogen-bond acceptors (Lipinski definition) is 10. The number of amides is 2. The van der Waals surface area contributed by atoms with Crippen molar-refractivity contribution >= 4 is 29.5 Å². The van der Waals surface area contributed by atoms with Crippen molar-refractivity contribution in [3.05, 3.63) is 41.5 Å². The van der Waals surface area contributed by atoms with E-state index < -0.39 is 11.0 Å². The highest BCUT2D eigenvalue weighted by Gasteiger charge is 2.47. The summed E-state index contributed by atoms with van der Waals surface area (Å²) in [5, 5.41) is 9.34. The molecular weight excluding hydrogens is 562 g/mol. The van der Waals surface area contributed by atoms with E-state index in [1.54, 1.807) is 18.1 Å². The molecule has 44 heavy (non-hydrogen) atoms. The third kappa shape index (κ3) is 5.92. The summed E-state index contributed by atoms with van der Waals surface area (Å²) in [5.41, 5.74) is 3.70. The smallest absolute Gasteiger partial charge is 0.410 e. The Hall–Kier alpha value is -4.26. The Balaban J connectivity index is 1.35. The predicted octanol–water partition coefficient (Wildman–Crippen LogP) is 4.03. The second-order valence-electron chi connectivity index (χ2n) is 12.9. The molecule has 4 heterocycles. The summed E-state index contributed by atoms with van der Waals surface area (Å²) in [6, 6.07) is 3.89. The molecule has 1 fully saturated rings. The number of aryl methyl sites for hydroxylation is 1. The summed E-state index contributed by atoms with van der Waals surface area (Å²) in [5.74, 6) is 0.976. The standard InChI is InChI=1S/C31H43N9O4/c1-19(2)25-23-24-20(16-31(6,26(23)36-37(25)7)27(41)38(8)43-9)17-33-28(35-24)34-22-11-10-21(18-32-22)39-12-14-40(15-13-39)29(42)44-30(3,4)5/h10-11,17-19H,12-16H2,1-9H3,(H,32,33,34,35). The van der Waals surface area contributed by atoms with E-state index in [2.05, 4.69) is 34.0 Å². The van der Waals surface area contributed by atoms with Crippen LogP contribution in [-0.2, 0) is 33.3 Å². The van der Waals surface area contributed by atoms with Crippen molar-refractivity contribution in [3.8, 4) is 11.3 Å². The summed E-state index contributed by atoms with van der Waals surface area (Å²) >= 11 is 0. The number of piperazine rings is 1. The lowest BCUT2D eigenvalue weighted by atomic mass is 9.72. The van der Waals surface area contributed by atoms with Crippen molar-refractivity contribution in [3.63, 3.8) is 0 Å². The Kier molecular flexibility index (Phi) is 8.27. The molecule has 13 nitrogen and oxygen atoms in total. The van der Waals surface area contributed by atoms with Gasteiger partial charge in [-0.25, -0.2) is 24.8 Å². The highest BCUT2D eigenvalue weighted by molar-refractivity contribution is 5.92. The van der Waals surface area contributed by atoms with E-state index in [-0.39, 0.29) is 17.9 Å². The third-order valence-electron chi connectivity index (χ3n) is 8.12. The number of likely N-dealkylation sites (N-methyl/N-ethyl adjacent to an activating group) is 1. The number of rotatable bonds is 6. The average Bonchev–Trinajstić information content (AvgIpc) is 3.35. The van der Waals surface area contributed by atoms with Gasteiger partial charge in [0, 0.05) is 52.0 Å². The lowest BCUT2D eigenvalue weighted by molar-refractivity contribution is -0.175. The number of anilines is 3. The van der Waals surface area contributed by atoms with Gasteiger partial charge in [0.15, 0.2) is 0 Å². The van der Waals surface area contributed by atoms with Crippen LogP contribution in [0.1, 0.15) is 64.4 Å². The van der Waals surface area contributed by atoms with Crippen LogP contribution in [0.4, 0.5) is 22.2 Å². The van der Waals surface area contributed by atoms with E-state index in [1.165, 1.54) is 12.2 Å². The van der Waals surface area contributed by atoms with Gasteiger partial charge in [0.2, 0.25) is 5.95 Å². The minimum atomic E-state index is -0.938. The lowest BCUT2D eigenvalue weighted by Gasteiger charge is -2.36. The molecule has 1 N–H and O–H groups in total. The number of aromatic nitrogens is 5. The third-order valence-corrected chi connectivity index (χ3v) is 8.12. The topological polar surface area (TPSA) is 131 Å². The molecule has 0 aromatic carbocycles. The van der Waals surface area contributed by atoms with Crippen LogP contribution in [0, 0.1) is 0 Å². The van der Waals surface area contributed by atoms with Gasteiger partial charge in [0.25, 0.3) is 5.91 Å². The van der Waals surface area contributed by atoms with Gasteiger partial charge in [0.05, 0.1) is 41.5 Å². The molecule has 1 saturated heterocycles. The van der Waals surface area contributed by atoms with Crippen molar-refractivity contribution in [1.82, 2.24) is 34.7 Å². The highest BCUT2D eigenvalue weighted by atomic mass is 16.7. The Morgan fingerprint density at radius 2 is 1.80 bits per heavy atom. The van der Waals surface area contributed by atoms with Gasteiger partial charge in [-0.3, -0.25) is 14.3 Å². The molecule has 1 atom stereocenters. The molecule has 2 amide bonds. The summed E-state index contributed by atoms with van der Waals surface area (Å²) in [7, 11) is 4.99. The lowest BCUT2D eigenvalue weighted by Crippen LogP contribution is -2.50. The zero-order chi connectivity index (χ0) is 32.0. The van der Waals surface area contributed by atoms with Gasteiger partial charge in [-0.1, -0.05) is 13.8 Å². The fraction of sp³-hybridized carbons (Fsp3) is 0.548. The number of carbonyl (C=O) groups is 2. The first-order valence-electron chi connectivity index (χ1n) is 14.9. The largest absolute Gasteiger partial charge is 0.444 e. The number of hydrogen-bond donors (Lipinski definition) is 1. The molecule has 5 rings (SSSR count). The van der Waals surface area contributed by atoms with Gasteiger partial charge in [-0.15, -0.1) is 0 Å². The van der Waals surface area contributed by atoms with Crippen molar-refractivity contribution in [2.45, 2.75) is 64.9 Å². The van der Waals surface area contributed by atoms with Crippen LogP contribution in [0.3, 0.4) is 0 Å².